The Hall–Kier alpha value is -2.41. The molecule has 0 bridgehead atoms. The number of hydrogen-bond acceptors (Lipinski definition) is 4. The highest BCUT2D eigenvalue weighted by atomic mass is 16.2. The lowest BCUT2D eigenvalue weighted by Crippen LogP contribution is -2.57. The van der Waals surface area contributed by atoms with Crippen LogP contribution in [0.15, 0.2) is 30.3 Å². The van der Waals surface area contributed by atoms with E-state index in [0.717, 1.165) is 57.1 Å². The van der Waals surface area contributed by atoms with Crippen LogP contribution in [0, 0.1) is 5.92 Å². The standard InChI is InChI=1S/C27H44N4O3/c1-5-20(2)24-27(34)31(4)21(3)25(32)30-23(19-22-15-11-10-12-16-22)26(33)29-18-14-9-7-6-8-13-17-28-24/h10-12,15-16,20-21,23-24,28H,5-9,13-14,17-19H2,1-4H3,(H,29,33)(H,30,32). The summed E-state index contributed by atoms with van der Waals surface area (Å²) in [6.07, 6.45) is 7.71. The van der Waals surface area contributed by atoms with E-state index < -0.39 is 12.1 Å². The van der Waals surface area contributed by atoms with E-state index >= 15 is 0 Å². The third-order valence-corrected chi connectivity index (χ3v) is 6.97. The number of amides is 3. The molecule has 2 rings (SSSR count). The molecule has 1 aromatic rings. The molecule has 1 fully saturated rings. The van der Waals surface area contributed by atoms with Gasteiger partial charge in [-0.3, -0.25) is 14.4 Å². The first-order chi connectivity index (χ1) is 16.3. The van der Waals surface area contributed by atoms with Gasteiger partial charge in [0.2, 0.25) is 17.7 Å². The number of nitrogens with zero attached hydrogens (tertiary/aromatic N) is 1. The summed E-state index contributed by atoms with van der Waals surface area (Å²) in [7, 11) is 1.67. The number of nitrogens with one attached hydrogen (secondary N) is 3. The topological polar surface area (TPSA) is 90.5 Å². The highest BCUT2D eigenvalue weighted by Crippen LogP contribution is 2.14. The quantitative estimate of drug-likeness (QED) is 0.628. The van der Waals surface area contributed by atoms with Gasteiger partial charge in [0.1, 0.15) is 12.1 Å². The monoisotopic (exact) mass is 472 g/mol. The van der Waals surface area contributed by atoms with Crippen LogP contribution >= 0.6 is 0 Å². The van der Waals surface area contributed by atoms with E-state index in [0.29, 0.717) is 13.0 Å². The Morgan fingerprint density at radius 3 is 2.21 bits per heavy atom. The fourth-order valence-corrected chi connectivity index (χ4v) is 4.25. The molecule has 34 heavy (non-hydrogen) atoms. The third kappa shape index (κ3) is 8.75. The number of benzene rings is 1. The molecule has 1 saturated heterocycles. The Morgan fingerprint density at radius 2 is 1.56 bits per heavy atom. The van der Waals surface area contributed by atoms with Crippen LogP contribution in [0.4, 0.5) is 0 Å². The first-order valence-electron chi connectivity index (χ1n) is 13.0. The van der Waals surface area contributed by atoms with Gasteiger partial charge >= 0.3 is 0 Å². The summed E-state index contributed by atoms with van der Waals surface area (Å²) in [5.41, 5.74) is 0.975. The smallest absolute Gasteiger partial charge is 0.243 e. The summed E-state index contributed by atoms with van der Waals surface area (Å²) in [5, 5.41) is 9.36. The predicted octanol–water partition coefficient (Wildman–Crippen LogP) is 3.04. The van der Waals surface area contributed by atoms with Crippen LogP contribution < -0.4 is 16.0 Å². The van der Waals surface area contributed by atoms with Crippen LogP contribution in [0.5, 0.6) is 0 Å². The molecule has 7 heteroatoms. The molecule has 0 spiro atoms. The normalized spacial score (nSPS) is 25.6. The second kappa shape index (κ2) is 14.8. The Balaban J connectivity index is 2.19. The Morgan fingerprint density at radius 1 is 0.941 bits per heavy atom. The third-order valence-electron chi connectivity index (χ3n) is 6.97. The van der Waals surface area contributed by atoms with Crippen molar-refractivity contribution in [2.45, 2.75) is 90.3 Å². The number of likely N-dealkylation sites (N-methyl/N-ethyl adjacent to an activating group) is 1. The molecule has 1 aliphatic heterocycles. The molecule has 7 nitrogen and oxygen atoms in total. The van der Waals surface area contributed by atoms with E-state index in [1.54, 1.807) is 14.0 Å². The van der Waals surface area contributed by atoms with Crippen molar-refractivity contribution in [1.82, 2.24) is 20.9 Å². The molecular weight excluding hydrogens is 428 g/mol. The molecule has 190 valence electrons. The summed E-state index contributed by atoms with van der Waals surface area (Å²) in [6, 6.07) is 7.97. The maximum atomic E-state index is 13.3. The lowest BCUT2D eigenvalue weighted by atomic mass is 9.97. The second-order valence-electron chi connectivity index (χ2n) is 9.61. The van der Waals surface area contributed by atoms with Crippen molar-refractivity contribution >= 4 is 17.7 Å². The number of carbonyl (C=O) groups is 3. The van der Waals surface area contributed by atoms with E-state index in [9.17, 15) is 14.4 Å². The molecule has 3 amide bonds. The van der Waals surface area contributed by atoms with Crippen LogP contribution in [-0.2, 0) is 20.8 Å². The minimum Gasteiger partial charge on any atom is -0.354 e. The van der Waals surface area contributed by atoms with Gasteiger partial charge in [0.25, 0.3) is 0 Å². The van der Waals surface area contributed by atoms with Gasteiger partial charge in [0.15, 0.2) is 0 Å². The minimum atomic E-state index is -0.691. The molecule has 0 aliphatic carbocycles. The largest absolute Gasteiger partial charge is 0.354 e. The van der Waals surface area contributed by atoms with Crippen molar-refractivity contribution in [3.05, 3.63) is 35.9 Å². The van der Waals surface area contributed by atoms with Crippen molar-refractivity contribution in [2.24, 2.45) is 5.92 Å². The van der Waals surface area contributed by atoms with Crippen LogP contribution in [-0.4, -0.2) is 60.9 Å². The zero-order valence-electron chi connectivity index (χ0n) is 21.4. The SMILES string of the molecule is CCC(C)C1NCCCCCCCCNC(=O)C(Cc2ccccc2)NC(=O)C(C)N(C)C1=O. The maximum absolute atomic E-state index is 13.3. The average molecular weight is 473 g/mol. The summed E-state index contributed by atoms with van der Waals surface area (Å²) >= 11 is 0. The average Bonchev–Trinajstić information content (AvgIpc) is 2.85. The zero-order chi connectivity index (χ0) is 24.9. The van der Waals surface area contributed by atoms with Crippen LogP contribution in [0.25, 0.3) is 0 Å². The van der Waals surface area contributed by atoms with Crippen molar-refractivity contribution in [2.75, 3.05) is 20.1 Å². The molecule has 0 aromatic heterocycles. The fraction of sp³-hybridized carbons (Fsp3) is 0.667. The van der Waals surface area contributed by atoms with Crippen molar-refractivity contribution in [3.63, 3.8) is 0 Å². The van der Waals surface area contributed by atoms with E-state index in [-0.39, 0.29) is 29.7 Å². The molecular formula is C27H44N4O3. The van der Waals surface area contributed by atoms with Crippen molar-refractivity contribution in [1.29, 1.82) is 0 Å². The number of hydrogen-bond donors (Lipinski definition) is 3. The Bertz CT molecular complexity index is 770. The highest BCUT2D eigenvalue weighted by Gasteiger charge is 2.32. The highest BCUT2D eigenvalue weighted by molar-refractivity contribution is 5.93. The van der Waals surface area contributed by atoms with E-state index in [1.165, 1.54) is 4.90 Å². The predicted molar refractivity (Wildman–Crippen MR) is 136 cm³/mol. The molecule has 4 atom stereocenters. The van der Waals surface area contributed by atoms with E-state index in [2.05, 4.69) is 29.8 Å². The molecule has 1 heterocycles. The van der Waals surface area contributed by atoms with Gasteiger partial charge in [-0.2, -0.15) is 0 Å². The molecule has 1 aromatic carbocycles. The van der Waals surface area contributed by atoms with Crippen LogP contribution in [0.1, 0.15) is 71.3 Å². The van der Waals surface area contributed by atoms with Gasteiger partial charge in [-0.05, 0) is 37.8 Å². The second-order valence-corrected chi connectivity index (χ2v) is 9.61. The Labute approximate surface area is 205 Å². The van der Waals surface area contributed by atoms with Crippen LogP contribution in [0.3, 0.4) is 0 Å². The zero-order valence-corrected chi connectivity index (χ0v) is 21.4. The Kier molecular flexibility index (Phi) is 12.1. The van der Waals surface area contributed by atoms with E-state index in [4.69, 9.17) is 0 Å². The van der Waals surface area contributed by atoms with Gasteiger partial charge in [-0.1, -0.05) is 76.3 Å². The van der Waals surface area contributed by atoms with Crippen molar-refractivity contribution < 1.29 is 14.4 Å². The van der Waals surface area contributed by atoms with Gasteiger partial charge in [-0.25, -0.2) is 0 Å². The van der Waals surface area contributed by atoms with E-state index in [1.807, 2.05) is 30.3 Å². The fourth-order valence-electron chi connectivity index (χ4n) is 4.25. The lowest BCUT2D eigenvalue weighted by molar-refractivity contribution is -0.141. The van der Waals surface area contributed by atoms with Gasteiger partial charge in [0.05, 0.1) is 6.04 Å². The lowest BCUT2D eigenvalue weighted by Gasteiger charge is -2.32. The molecule has 1 aliphatic rings. The summed E-state index contributed by atoms with van der Waals surface area (Å²) in [4.78, 5) is 41.0. The molecule has 4 unspecified atom stereocenters. The van der Waals surface area contributed by atoms with Crippen LogP contribution in [0.2, 0.25) is 0 Å². The number of carbonyl (C=O) groups excluding carboxylic acids is 3. The molecule has 0 radical (unpaired) electrons. The number of rotatable bonds is 4. The minimum absolute atomic E-state index is 0.0813. The first-order valence-corrected chi connectivity index (χ1v) is 13.0. The summed E-state index contributed by atoms with van der Waals surface area (Å²) < 4.78 is 0. The maximum Gasteiger partial charge on any atom is 0.243 e. The van der Waals surface area contributed by atoms with Gasteiger partial charge in [0, 0.05) is 20.0 Å². The van der Waals surface area contributed by atoms with Gasteiger partial charge in [-0.15, -0.1) is 0 Å². The summed E-state index contributed by atoms with van der Waals surface area (Å²) in [6.45, 7) is 7.27. The molecule has 3 N–H and O–H groups in total. The summed E-state index contributed by atoms with van der Waals surface area (Å²) in [5.74, 6) is -0.427. The van der Waals surface area contributed by atoms with Gasteiger partial charge < -0.3 is 20.9 Å². The first kappa shape index (κ1) is 27.8. The molecule has 0 saturated carbocycles. The van der Waals surface area contributed by atoms with Crippen molar-refractivity contribution in [3.8, 4) is 0 Å².